The molecule has 0 aliphatic carbocycles. The van der Waals surface area contributed by atoms with Crippen LogP contribution in [0, 0.1) is 11.8 Å². The molecule has 0 spiro atoms. The molecule has 1 saturated heterocycles. The summed E-state index contributed by atoms with van der Waals surface area (Å²) in [5.41, 5.74) is 1.03. The Kier molecular flexibility index (Phi) is 4.44. The largest absolute Gasteiger partial charge is 0.481 e. The van der Waals surface area contributed by atoms with E-state index in [-0.39, 0.29) is 6.54 Å². The van der Waals surface area contributed by atoms with Crippen LogP contribution in [0.4, 0.5) is 18.3 Å². The van der Waals surface area contributed by atoms with Crippen LogP contribution in [0.15, 0.2) is 30.3 Å². The van der Waals surface area contributed by atoms with E-state index >= 15 is 0 Å². The summed E-state index contributed by atoms with van der Waals surface area (Å²) < 4.78 is 39.1. The summed E-state index contributed by atoms with van der Waals surface area (Å²) in [4.78, 5) is 12.5. The van der Waals surface area contributed by atoms with E-state index in [9.17, 15) is 18.0 Å². The normalized spacial score (nSPS) is 21.2. The van der Waals surface area contributed by atoms with Crippen molar-refractivity contribution >= 4 is 22.4 Å². The van der Waals surface area contributed by atoms with Crippen LogP contribution in [-0.2, 0) is 11.2 Å². The Bertz CT molecular complexity index is 720. The molecule has 1 N–H and O–H groups in total. The average Bonchev–Trinajstić information content (AvgIpc) is 3.14. The van der Waals surface area contributed by atoms with Gasteiger partial charge in [0.15, 0.2) is 0 Å². The molecule has 2 aromatic rings. The Labute approximate surface area is 139 Å². The van der Waals surface area contributed by atoms with Gasteiger partial charge in [0.25, 0.3) is 0 Å². The number of carbonyl (C=O) groups is 1. The summed E-state index contributed by atoms with van der Waals surface area (Å²) in [7, 11) is 0. The molecule has 0 bridgehead atoms. The highest BCUT2D eigenvalue weighted by molar-refractivity contribution is 7.15. The van der Waals surface area contributed by atoms with Gasteiger partial charge in [0, 0.05) is 19.5 Å². The number of halogens is 3. The van der Waals surface area contributed by atoms with Crippen LogP contribution in [0.3, 0.4) is 0 Å². The van der Waals surface area contributed by atoms with Gasteiger partial charge in [-0.15, -0.1) is 10.2 Å². The van der Waals surface area contributed by atoms with Crippen molar-refractivity contribution in [3.05, 3.63) is 40.9 Å². The van der Waals surface area contributed by atoms with Gasteiger partial charge in [0.05, 0.1) is 11.8 Å². The van der Waals surface area contributed by atoms with Crippen molar-refractivity contribution in [3.63, 3.8) is 0 Å². The van der Waals surface area contributed by atoms with Crippen molar-refractivity contribution < 1.29 is 23.1 Å². The quantitative estimate of drug-likeness (QED) is 0.911. The minimum atomic E-state index is -4.55. The second-order valence-electron chi connectivity index (χ2n) is 5.64. The van der Waals surface area contributed by atoms with E-state index in [4.69, 9.17) is 5.11 Å². The number of hydrogen-bond donors (Lipinski definition) is 1. The number of aliphatic carboxylic acids is 1. The first-order valence-corrected chi connectivity index (χ1v) is 8.07. The zero-order valence-corrected chi connectivity index (χ0v) is 13.2. The maximum atomic E-state index is 13.0. The van der Waals surface area contributed by atoms with E-state index < -0.39 is 30.5 Å². The van der Waals surface area contributed by atoms with E-state index in [0.29, 0.717) is 16.6 Å². The second-order valence-corrected chi connectivity index (χ2v) is 6.68. The van der Waals surface area contributed by atoms with E-state index in [1.165, 1.54) is 16.2 Å². The second kappa shape index (κ2) is 6.39. The van der Waals surface area contributed by atoms with Crippen molar-refractivity contribution in [2.75, 3.05) is 18.0 Å². The molecule has 1 fully saturated rings. The van der Waals surface area contributed by atoms with Crippen LogP contribution >= 0.6 is 11.3 Å². The molecule has 0 unspecified atom stereocenters. The minimum absolute atomic E-state index is 0.209. The first-order chi connectivity index (χ1) is 11.3. The maximum Gasteiger partial charge on any atom is 0.394 e. The lowest BCUT2D eigenvalue weighted by Crippen LogP contribution is -2.33. The molecule has 0 saturated carbocycles. The number of alkyl halides is 3. The van der Waals surface area contributed by atoms with Gasteiger partial charge in [0.1, 0.15) is 5.01 Å². The molecule has 1 aliphatic rings. The molecule has 1 aromatic heterocycles. The fourth-order valence-corrected chi connectivity index (χ4v) is 3.65. The number of carboxylic acid groups (broad SMARTS) is 1. The molecule has 1 aromatic carbocycles. The van der Waals surface area contributed by atoms with E-state index in [1.807, 2.05) is 30.3 Å². The molecule has 5 nitrogen and oxygen atoms in total. The summed E-state index contributed by atoms with van der Waals surface area (Å²) in [6.07, 6.45) is -4.01. The van der Waals surface area contributed by atoms with E-state index in [2.05, 4.69) is 10.2 Å². The number of rotatable bonds is 4. The highest BCUT2D eigenvalue weighted by Crippen LogP contribution is 2.40. The van der Waals surface area contributed by atoms with Gasteiger partial charge in [-0.2, -0.15) is 13.2 Å². The highest BCUT2D eigenvalue weighted by atomic mass is 32.1. The highest BCUT2D eigenvalue weighted by Gasteiger charge is 2.53. The van der Waals surface area contributed by atoms with Crippen molar-refractivity contribution in [3.8, 4) is 0 Å². The Morgan fingerprint density at radius 2 is 1.96 bits per heavy atom. The number of nitrogens with zero attached hydrogens (tertiary/aromatic N) is 3. The third kappa shape index (κ3) is 3.50. The Morgan fingerprint density at radius 3 is 2.54 bits per heavy atom. The zero-order chi connectivity index (χ0) is 17.3. The summed E-state index contributed by atoms with van der Waals surface area (Å²) in [5.74, 6) is -4.81. The summed E-state index contributed by atoms with van der Waals surface area (Å²) in [6.45, 7) is -0.611. The fourth-order valence-electron chi connectivity index (χ4n) is 2.76. The standard InChI is InChI=1S/C15H14F3N3O2S/c16-15(17,18)11-8-21(7-10(11)13(22)23)14-20-19-12(24-14)6-9-4-2-1-3-5-9/h1-5,10-11H,6-8H2,(H,22,23)/t10-,11-/m1/s1. The number of aromatic nitrogens is 2. The average molecular weight is 357 g/mol. The molecule has 128 valence electrons. The molecule has 9 heteroatoms. The van der Waals surface area contributed by atoms with Gasteiger partial charge in [0.2, 0.25) is 5.13 Å². The molecule has 0 radical (unpaired) electrons. The Hall–Kier alpha value is -2.16. The number of hydrogen-bond acceptors (Lipinski definition) is 5. The maximum absolute atomic E-state index is 13.0. The fraction of sp³-hybridized carbons (Fsp3) is 0.400. The summed E-state index contributed by atoms with van der Waals surface area (Å²) >= 11 is 1.19. The molecule has 0 amide bonds. The van der Waals surface area contributed by atoms with Crippen LogP contribution in [0.5, 0.6) is 0 Å². The third-order valence-electron chi connectivity index (χ3n) is 3.98. The molecular formula is C15H14F3N3O2S. The van der Waals surface area contributed by atoms with Gasteiger partial charge in [-0.25, -0.2) is 0 Å². The first kappa shape index (κ1) is 16.7. The Morgan fingerprint density at radius 1 is 1.25 bits per heavy atom. The van der Waals surface area contributed by atoms with Crippen LogP contribution in [0.1, 0.15) is 10.6 Å². The van der Waals surface area contributed by atoms with Gasteiger partial charge in [-0.3, -0.25) is 4.79 Å². The molecule has 1 aliphatic heterocycles. The lowest BCUT2D eigenvalue weighted by molar-refractivity contribution is -0.187. The Balaban J connectivity index is 1.75. The third-order valence-corrected chi connectivity index (χ3v) is 4.97. The van der Waals surface area contributed by atoms with Crippen LogP contribution < -0.4 is 4.90 Å². The first-order valence-electron chi connectivity index (χ1n) is 7.25. The zero-order valence-electron chi connectivity index (χ0n) is 12.4. The van der Waals surface area contributed by atoms with Crippen molar-refractivity contribution in [2.24, 2.45) is 11.8 Å². The van der Waals surface area contributed by atoms with Crippen molar-refractivity contribution in [1.29, 1.82) is 0 Å². The number of benzene rings is 1. The smallest absolute Gasteiger partial charge is 0.394 e. The summed E-state index contributed by atoms with van der Waals surface area (Å²) in [5, 5.41) is 18.0. The van der Waals surface area contributed by atoms with Gasteiger partial charge in [-0.05, 0) is 5.56 Å². The van der Waals surface area contributed by atoms with E-state index in [1.54, 1.807) is 0 Å². The SMILES string of the molecule is O=C(O)[C@@H]1CN(c2nnc(Cc3ccccc3)s2)C[C@H]1C(F)(F)F. The van der Waals surface area contributed by atoms with Gasteiger partial charge in [-0.1, -0.05) is 41.7 Å². The molecule has 3 rings (SSSR count). The lowest BCUT2D eigenvalue weighted by Gasteiger charge is -2.17. The van der Waals surface area contributed by atoms with Crippen molar-refractivity contribution in [1.82, 2.24) is 10.2 Å². The van der Waals surface area contributed by atoms with Gasteiger partial charge < -0.3 is 10.0 Å². The van der Waals surface area contributed by atoms with Crippen LogP contribution in [0.25, 0.3) is 0 Å². The minimum Gasteiger partial charge on any atom is -0.481 e. The molecule has 2 heterocycles. The predicted molar refractivity (Wildman–Crippen MR) is 82.0 cm³/mol. The molecule has 2 atom stereocenters. The number of anilines is 1. The predicted octanol–water partition coefficient (Wildman–Crippen LogP) is 2.83. The molecule has 24 heavy (non-hydrogen) atoms. The summed E-state index contributed by atoms with van der Waals surface area (Å²) in [6, 6.07) is 9.53. The number of carboxylic acids is 1. The topological polar surface area (TPSA) is 66.3 Å². The van der Waals surface area contributed by atoms with Crippen LogP contribution in [-0.4, -0.2) is 40.5 Å². The van der Waals surface area contributed by atoms with Crippen LogP contribution in [0.2, 0.25) is 0 Å². The van der Waals surface area contributed by atoms with E-state index in [0.717, 1.165) is 5.56 Å². The monoisotopic (exact) mass is 357 g/mol. The van der Waals surface area contributed by atoms with Gasteiger partial charge >= 0.3 is 12.1 Å². The lowest BCUT2D eigenvalue weighted by atomic mass is 9.96. The molecular weight excluding hydrogens is 343 g/mol. The van der Waals surface area contributed by atoms with Crippen molar-refractivity contribution in [2.45, 2.75) is 12.6 Å².